The molecule has 1 amide bonds. The maximum atomic E-state index is 12.8. The van der Waals surface area contributed by atoms with Crippen molar-refractivity contribution in [2.75, 3.05) is 25.5 Å². The van der Waals surface area contributed by atoms with Crippen molar-refractivity contribution >= 4 is 17.4 Å². The van der Waals surface area contributed by atoms with Gasteiger partial charge in [-0.05, 0) is 67.8 Å². The van der Waals surface area contributed by atoms with Gasteiger partial charge in [-0.15, -0.1) is 0 Å². The summed E-state index contributed by atoms with van der Waals surface area (Å²) in [7, 11) is 1.52. The normalized spacial score (nSPS) is 19.9. The monoisotopic (exact) mass is 392 g/mol. The van der Waals surface area contributed by atoms with Crippen LogP contribution in [0.25, 0.3) is 0 Å². The first-order valence-corrected chi connectivity index (χ1v) is 10.2. The van der Waals surface area contributed by atoms with E-state index in [1.807, 2.05) is 6.07 Å². The zero-order valence-electron chi connectivity index (χ0n) is 17.5. The van der Waals surface area contributed by atoms with E-state index in [0.29, 0.717) is 22.9 Å². The lowest BCUT2D eigenvalue weighted by molar-refractivity contribution is 0.101. The number of ether oxygens (including phenoxy) is 1. The number of benzene rings is 2. The first-order valence-electron chi connectivity index (χ1n) is 10.2. The van der Waals surface area contributed by atoms with Gasteiger partial charge in [-0.3, -0.25) is 14.5 Å². The highest BCUT2D eigenvalue weighted by molar-refractivity contribution is 6.07. The molecule has 0 aliphatic carbocycles. The van der Waals surface area contributed by atoms with Crippen molar-refractivity contribution in [3.63, 3.8) is 0 Å². The topological polar surface area (TPSA) is 58.6 Å². The number of anilines is 1. The third-order valence-electron chi connectivity index (χ3n) is 6.20. The molecule has 4 rings (SSSR count). The fourth-order valence-corrected chi connectivity index (χ4v) is 4.82. The highest BCUT2D eigenvalue weighted by Crippen LogP contribution is 2.45. The van der Waals surface area contributed by atoms with Crippen molar-refractivity contribution in [3.8, 4) is 5.75 Å². The van der Waals surface area contributed by atoms with Gasteiger partial charge < -0.3 is 10.1 Å². The molecule has 0 radical (unpaired) electrons. The lowest BCUT2D eigenvalue weighted by atomic mass is 9.76. The van der Waals surface area contributed by atoms with Gasteiger partial charge >= 0.3 is 0 Å². The number of nitrogens with zero attached hydrogens (tertiary/aromatic N) is 1. The number of hydrogen-bond acceptors (Lipinski definition) is 4. The molecule has 1 atom stereocenters. The van der Waals surface area contributed by atoms with Gasteiger partial charge in [0.25, 0.3) is 5.91 Å². The molecule has 0 bridgehead atoms. The maximum absolute atomic E-state index is 12.8. The summed E-state index contributed by atoms with van der Waals surface area (Å²) in [5.74, 6) is 0.119. The molecule has 2 aromatic rings. The first kappa shape index (κ1) is 19.6. The Balaban J connectivity index is 1.63. The number of carbonyl (C=O) groups is 2. The highest BCUT2D eigenvalue weighted by atomic mass is 16.5. The molecule has 2 aromatic carbocycles. The molecule has 5 nitrogen and oxygen atoms in total. The predicted octanol–water partition coefficient (Wildman–Crippen LogP) is 4.58. The molecule has 1 fully saturated rings. The number of rotatable bonds is 4. The number of fused-ring (bicyclic) bond motifs is 3. The largest absolute Gasteiger partial charge is 0.496 e. The molecule has 152 valence electrons. The zero-order valence-corrected chi connectivity index (χ0v) is 17.5. The van der Waals surface area contributed by atoms with E-state index in [1.165, 1.54) is 38.0 Å². The molecular weight excluding hydrogens is 364 g/mol. The van der Waals surface area contributed by atoms with Crippen LogP contribution in [-0.4, -0.2) is 36.8 Å². The number of Topliss-reactive ketones (excluding diaryl/α,β-unsaturated/α-hetero) is 1. The van der Waals surface area contributed by atoms with Gasteiger partial charge in [0, 0.05) is 29.3 Å². The van der Waals surface area contributed by atoms with Gasteiger partial charge in [0.1, 0.15) is 5.75 Å². The summed E-state index contributed by atoms with van der Waals surface area (Å²) < 4.78 is 5.22. The quantitative estimate of drug-likeness (QED) is 0.774. The van der Waals surface area contributed by atoms with E-state index < -0.39 is 0 Å². The van der Waals surface area contributed by atoms with Crippen molar-refractivity contribution in [1.82, 2.24) is 4.90 Å². The molecular formula is C24H28N2O3. The minimum Gasteiger partial charge on any atom is -0.496 e. The van der Waals surface area contributed by atoms with Gasteiger partial charge in [0.15, 0.2) is 5.78 Å². The molecule has 5 heteroatoms. The molecule has 0 spiro atoms. The van der Waals surface area contributed by atoms with Crippen LogP contribution in [0.3, 0.4) is 0 Å². The molecule has 1 N–H and O–H groups in total. The fraction of sp³-hybridized carbons (Fsp3) is 0.417. The van der Waals surface area contributed by atoms with Crippen molar-refractivity contribution in [2.45, 2.75) is 45.1 Å². The van der Waals surface area contributed by atoms with E-state index in [4.69, 9.17) is 4.74 Å². The van der Waals surface area contributed by atoms with E-state index in [9.17, 15) is 9.59 Å². The van der Waals surface area contributed by atoms with Crippen LogP contribution < -0.4 is 10.1 Å². The summed E-state index contributed by atoms with van der Waals surface area (Å²) in [6.45, 7) is 8.27. The first-order chi connectivity index (χ1) is 13.8. The lowest BCUT2D eigenvalue weighted by Gasteiger charge is -2.42. The van der Waals surface area contributed by atoms with Gasteiger partial charge in [0.2, 0.25) is 0 Å². The summed E-state index contributed by atoms with van der Waals surface area (Å²) in [4.78, 5) is 27.3. The number of methoxy groups -OCH3 is 1. The third kappa shape index (κ3) is 3.55. The van der Waals surface area contributed by atoms with Crippen LogP contribution in [0, 0.1) is 0 Å². The number of amides is 1. The van der Waals surface area contributed by atoms with Gasteiger partial charge in [0.05, 0.1) is 12.7 Å². The standard InChI is InChI=1S/C24H28N2O3/c1-15(27)18-12-16(7-10-22(18)29-4)23(28)25-17-8-9-20-19(13-17)21-6-5-11-26(21)14-24(20,2)3/h7-10,12-13,21H,5-6,11,14H2,1-4H3,(H,25,28). The summed E-state index contributed by atoms with van der Waals surface area (Å²) in [6.07, 6.45) is 2.39. The summed E-state index contributed by atoms with van der Waals surface area (Å²) in [5, 5.41) is 3.01. The van der Waals surface area contributed by atoms with Gasteiger partial charge in [-0.2, -0.15) is 0 Å². The molecule has 2 heterocycles. The Labute approximate surface area is 172 Å². The summed E-state index contributed by atoms with van der Waals surface area (Å²) >= 11 is 0. The Morgan fingerprint density at radius 3 is 2.69 bits per heavy atom. The van der Waals surface area contributed by atoms with E-state index in [-0.39, 0.29) is 17.1 Å². The Bertz CT molecular complexity index is 980. The van der Waals surface area contributed by atoms with E-state index in [2.05, 4.69) is 36.2 Å². The van der Waals surface area contributed by atoms with Crippen LogP contribution in [0.4, 0.5) is 5.69 Å². The average Bonchev–Trinajstić information content (AvgIpc) is 3.14. The van der Waals surface area contributed by atoms with E-state index >= 15 is 0 Å². The number of carbonyl (C=O) groups excluding carboxylic acids is 2. The van der Waals surface area contributed by atoms with Crippen molar-refractivity contribution < 1.29 is 14.3 Å². The Hall–Kier alpha value is -2.66. The van der Waals surface area contributed by atoms with Gasteiger partial charge in [-0.1, -0.05) is 19.9 Å². The molecule has 1 saturated heterocycles. The number of ketones is 1. The Morgan fingerprint density at radius 1 is 1.17 bits per heavy atom. The fourth-order valence-electron chi connectivity index (χ4n) is 4.82. The molecule has 2 aliphatic heterocycles. The van der Waals surface area contributed by atoms with Crippen LogP contribution in [0.5, 0.6) is 5.75 Å². The zero-order chi connectivity index (χ0) is 20.8. The lowest BCUT2D eigenvalue weighted by Crippen LogP contribution is -2.42. The second-order valence-electron chi connectivity index (χ2n) is 8.74. The van der Waals surface area contributed by atoms with Crippen LogP contribution in [0.15, 0.2) is 36.4 Å². The molecule has 1 unspecified atom stereocenters. The summed E-state index contributed by atoms with van der Waals surface area (Å²) in [6, 6.07) is 11.7. The van der Waals surface area contributed by atoms with Crippen molar-refractivity contribution in [1.29, 1.82) is 0 Å². The van der Waals surface area contributed by atoms with Gasteiger partial charge in [-0.25, -0.2) is 0 Å². The predicted molar refractivity (Wildman–Crippen MR) is 114 cm³/mol. The average molecular weight is 392 g/mol. The second kappa shape index (κ2) is 7.30. The molecule has 0 aromatic heterocycles. The molecule has 29 heavy (non-hydrogen) atoms. The van der Waals surface area contributed by atoms with Crippen LogP contribution in [-0.2, 0) is 5.41 Å². The minimum absolute atomic E-state index is 0.102. The van der Waals surface area contributed by atoms with Crippen LogP contribution in [0.2, 0.25) is 0 Å². The minimum atomic E-state index is -0.228. The maximum Gasteiger partial charge on any atom is 0.255 e. The van der Waals surface area contributed by atoms with Crippen molar-refractivity contribution in [2.24, 2.45) is 0 Å². The SMILES string of the molecule is COc1ccc(C(=O)Nc2ccc3c(c2)C2CCCN2CC3(C)C)cc1C(C)=O. The van der Waals surface area contributed by atoms with Crippen LogP contribution >= 0.6 is 0 Å². The Morgan fingerprint density at radius 2 is 1.97 bits per heavy atom. The number of nitrogens with one attached hydrogen (secondary N) is 1. The Kier molecular flexibility index (Phi) is 4.95. The van der Waals surface area contributed by atoms with E-state index in [0.717, 1.165) is 18.8 Å². The van der Waals surface area contributed by atoms with Crippen LogP contribution in [0.1, 0.15) is 71.5 Å². The second-order valence-corrected chi connectivity index (χ2v) is 8.74. The smallest absolute Gasteiger partial charge is 0.255 e. The molecule has 2 aliphatic rings. The summed E-state index contributed by atoms with van der Waals surface area (Å²) in [5.41, 5.74) is 4.45. The van der Waals surface area contributed by atoms with Crippen molar-refractivity contribution in [3.05, 3.63) is 58.7 Å². The third-order valence-corrected chi connectivity index (χ3v) is 6.20. The molecule has 0 saturated carbocycles. The van der Waals surface area contributed by atoms with E-state index in [1.54, 1.807) is 18.2 Å². The highest BCUT2D eigenvalue weighted by Gasteiger charge is 2.39. The number of hydrogen-bond donors (Lipinski definition) is 1.